The molecule has 0 spiro atoms. The van der Waals surface area contributed by atoms with E-state index in [1.54, 1.807) is 0 Å². The summed E-state index contributed by atoms with van der Waals surface area (Å²) in [6.07, 6.45) is -1.64. The van der Waals surface area contributed by atoms with Crippen molar-refractivity contribution >= 4 is 6.09 Å². The molecule has 0 unspecified atom stereocenters. The molecule has 1 aromatic rings. The molecule has 0 aliphatic carbocycles. The minimum Gasteiger partial charge on any atom is -0.530 e. The van der Waals surface area contributed by atoms with E-state index in [0.717, 1.165) is 12.1 Å². The van der Waals surface area contributed by atoms with E-state index in [9.17, 15) is 15.0 Å². The normalized spacial score (nSPS) is 14.5. The van der Waals surface area contributed by atoms with Gasteiger partial charge in [0.25, 0.3) is 0 Å². The lowest BCUT2D eigenvalue weighted by Gasteiger charge is -2.45. The standard InChI is InChI=1S/C19H32N2O3/c1-14(2)12-20-13-17(22)16(11-15-9-7-6-8-10-15)21(18(23)24)19(3,4)5/h6-10,14,16-17,20,22H,11-13H2,1-5H3,(H,23,24)/p-1/t16-,17+/m0/s1. The van der Waals surface area contributed by atoms with Crippen LogP contribution in [0, 0.1) is 5.92 Å². The number of carbonyl (C=O) groups is 1. The second kappa shape index (κ2) is 9.04. The summed E-state index contributed by atoms with van der Waals surface area (Å²) < 4.78 is 0. The zero-order chi connectivity index (χ0) is 18.3. The van der Waals surface area contributed by atoms with Gasteiger partial charge in [-0.3, -0.25) is 0 Å². The molecule has 2 N–H and O–H groups in total. The van der Waals surface area contributed by atoms with Gasteiger partial charge in [0.1, 0.15) is 6.09 Å². The lowest BCUT2D eigenvalue weighted by Crippen LogP contribution is -2.61. The summed E-state index contributed by atoms with van der Waals surface area (Å²) in [5.74, 6) is 0.463. The number of aliphatic hydroxyl groups excluding tert-OH is 1. The van der Waals surface area contributed by atoms with Gasteiger partial charge in [0.05, 0.1) is 12.1 Å². The molecule has 2 atom stereocenters. The van der Waals surface area contributed by atoms with Crippen molar-refractivity contribution in [2.75, 3.05) is 13.1 Å². The number of carboxylic acid groups (broad SMARTS) is 1. The highest BCUT2D eigenvalue weighted by Gasteiger charge is 2.33. The van der Waals surface area contributed by atoms with Gasteiger partial charge in [-0.1, -0.05) is 44.2 Å². The largest absolute Gasteiger partial charge is 0.530 e. The number of nitrogens with zero attached hydrogens (tertiary/aromatic N) is 1. The molecule has 0 saturated heterocycles. The van der Waals surface area contributed by atoms with E-state index in [4.69, 9.17) is 0 Å². The molecular formula is C19H31N2O3-. The predicted octanol–water partition coefficient (Wildman–Crippen LogP) is 1.65. The van der Waals surface area contributed by atoms with Crippen molar-refractivity contribution in [3.05, 3.63) is 35.9 Å². The molecule has 0 aliphatic rings. The topological polar surface area (TPSA) is 75.6 Å². The van der Waals surface area contributed by atoms with Crippen LogP contribution in [-0.2, 0) is 6.42 Å². The first kappa shape index (κ1) is 20.5. The fourth-order valence-electron chi connectivity index (χ4n) is 2.82. The van der Waals surface area contributed by atoms with Crippen molar-refractivity contribution in [3.63, 3.8) is 0 Å². The zero-order valence-corrected chi connectivity index (χ0v) is 15.5. The quantitative estimate of drug-likeness (QED) is 0.757. The molecule has 0 saturated carbocycles. The smallest absolute Gasteiger partial charge is 0.137 e. The van der Waals surface area contributed by atoms with Crippen LogP contribution >= 0.6 is 0 Å². The van der Waals surface area contributed by atoms with E-state index in [0.29, 0.717) is 18.9 Å². The second-order valence-corrected chi connectivity index (χ2v) is 7.68. The number of aliphatic hydroxyl groups is 1. The van der Waals surface area contributed by atoms with E-state index in [-0.39, 0.29) is 0 Å². The van der Waals surface area contributed by atoms with E-state index < -0.39 is 23.8 Å². The Hall–Kier alpha value is -1.59. The van der Waals surface area contributed by atoms with Crippen LogP contribution in [0.2, 0.25) is 0 Å². The predicted molar refractivity (Wildman–Crippen MR) is 94.6 cm³/mol. The summed E-state index contributed by atoms with van der Waals surface area (Å²) in [5, 5.41) is 25.6. The van der Waals surface area contributed by atoms with Crippen LogP contribution in [-0.4, -0.2) is 46.9 Å². The third-order valence-corrected chi connectivity index (χ3v) is 3.89. The number of rotatable bonds is 8. The maximum Gasteiger partial charge on any atom is 0.137 e. The molecule has 0 fully saturated rings. The Morgan fingerprint density at radius 1 is 1.21 bits per heavy atom. The van der Waals surface area contributed by atoms with Crippen LogP contribution in [0.5, 0.6) is 0 Å². The molecule has 1 amide bonds. The summed E-state index contributed by atoms with van der Waals surface area (Å²) in [6.45, 7) is 10.7. The Labute approximate surface area is 145 Å². The molecular weight excluding hydrogens is 304 g/mol. The first-order chi connectivity index (χ1) is 11.1. The van der Waals surface area contributed by atoms with Crippen LogP contribution in [0.25, 0.3) is 0 Å². The van der Waals surface area contributed by atoms with Crippen molar-refractivity contribution in [1.82, 2.24) is 10.2 Å². The molecule has 0 aromatic heterocycles. The van der Waals surface area contributed by atoms with E-state index in [1.807, 2.05) is 51.1 Å². The molecule has 1 aromatic carbocycles. The summed E-state index contributed by atoms with van der Waals surface area (Å²) >= 11 is 0. The monoisotopic (exact) mass is 335 g/mol. The number of benzene rings is 1. The first-order valence-corrected chi connectivity index (χ1v) is 8.56. The molecule has 0 heterocycles. The van der Waals surface area contributed by atoms with Gasteiger partial charge in [-0.15, -0.1) is 0 Å². The minimum absolute atomic E-state index is 0.343. The summed E-state index contributed by atoms with van der Waals surface area (Å²) in [7, 11) is 0. The molecule has 136 valence electrons. The zero-order valence-electron chi connectivity index (χ0n) is 15.5. The average molecular weight is 335 g/mol. The van der Waals surface area contributed by atoms with Gasteiger partial charge in [0.2, 0.25) is 0 Å². The number of hydrogen-bond donors (Lipinski definition) is 2. The molecule has 24 heavy (non-hydrogen) atoms. The van der Waals surface area contributed by atoms with E-state index >= 15 is 0 Å². The van der Waals surface area contributed by atoms with Crippen LogP contribution in [0.15, 0.2) is 30.3 Å². The highest BCUT2D eigenvalue weighted by Crippen LogP contribution is 2.22. The SMILES string of the molecule is CC(C)CNC[C@@H](O)[C@H](Cc1ccccc1)N(C(=O)[O-])C(C)(C)C. The third kappa shape index (κ3) is 6.49. The summed E-state index contributed by atoms with van der Waals surface area (Å²) in [4.78, 5) is 13.0. The Bertz CT molecular complexity index is 497. The fourth-order valence-corrected chi connectivity index (χ4v) is 2.82. The average Bonchev–Trinajstić information content (AvgIpc) is 2.45. The molecule has 0 bridgehead atoms. The van der Waals surface area contributed by atoms with Crippen molar-refractivity contribution in [2.24, 2.45) is 5.92 Å². The van der Waals surface area contributed by atoms with Gasteiger partial charge >= 0.3 is 0 Å². The van der Waals surface area contributed by atoms with Crippen LogP contribution in [0.1, 0.15) is 40.2 Å². The lowest BCUT2D eigenvalue weighted by molar-refractivity contribution is -0.275. The number of carbonyl (C=O) groups excluding carboxylic acids is 1. The Kier molecular flexibility index (Phi) is 7.70. The maximum atomic E-state index is 11.7. The Balaban J connectivity index is 2.98. The van der Waals surface area contributed by atoms with Crippen LogP contribution in [0.4, 0.5) is 4.79 Å². The molecule has 5 nitrogen and oxygen atoms in total. The third-order valence-electron chi connectivity index (χ3n) is 3.89. The van der Waals surface area contributed by atoms with E-state index in [2.05, 4.69) is 19.2 Å². The molecule has 5 heteroatoms. The fraction of sp³-hybridized carbons (Fsp3) is 0.632. The van der Waals surface area contributed by atoms with Gasteiger partial charge in [-0.25, -0.2) is 0 Å². The Morgan fingerprint density at radius 2 is 1.79 bits per heavy atom. The van der Waals surface area contributed by atoms with Gasteiger partial charge < -0.3 is 25.2 Å². The lowest BCUT2D eigenvalue weighted by atomic mass is 9.94. The minimum atomic E-state index is -1.26. The van der Waals surface area contributed by atoms with Gasteiger partial charge in [0, 0.05) is 12.1 Å². The number of nitrogens with one attached hydrogen (secondary N) is 1. The summed E-state index contributed by atoms with van der Waals surface area (Å²) in [6, 6.07) is 9.05. The molecule has 1 rings (SSSR count). The molecule has 0 radical (unpaired) electrons. The number of amides is 1. The van der Waals surface area contributed by atoms with Crippen molar-refractivity contribution < 1.29 is 15.0 Å². The van der Waals surface area contributed by atoms with Crippen molar-refractivity contribution in [1.29, 1.82) is 0 Å². The van der Waals surface area contributed by atoms with Gasteiger partial charge in [-0.2, -0.15) is 0 Å². The maximum absolute atomic E-state index is 11.7. The highest BCUT2D eigenvalue weighted by molar-refractivity contribution is 5.64. The van der Waals surface area contributed by atoms with Crippen LogP contribution < -0.4 is 10.4 Å². The van der Waals surface area contributed by atoms with Crippen molar-refractivity contribution in [2.45, 2.75) is 58.7 Å². The Morgan fingerprint density at radius 3 is 2.25 bits per heavy atom. The van der Waals surface area contributed by atoms with Gasteiger partial charge in [-0.05, 0) is 45.2 Å². The number of hydrogen-bond acceptors (Lipinski definition) is 4. The van der Waals surface area contributed by atoms with Gasteiger partial charge in [0.15, 0.2) is 0 Å². The van der Waals surface area contributed by atoms with E-state index in [1.165, 1.54) is 4.90 Å². The highest BCUT2D eigenvalue weighted by atomic mass is 16.4. The van der Waals surface area contributed by atoms with Crippen LogP contribution in [0.3, 0.4) is 0 Å². The molecule has 0 aliphatic heterocycles. The first-order valence-electron chi connectivity index (χ1n) is 8.56. The summed E-state index contributed by atoms with van der Waals surface area (Å²) in [5.41, 5.74) is 0.332. The van der Waals surface area contributed by atoms with Crippen molar-refractivity contribution in [3.8, 4) is 0 Å². The second-order valence-electron chi connectivity index (χ2n) is 7.68.